The number of thiophene rings is 1. The van der Waals surface area contributed by atoms with Gasteiger partial charge < -0.3 is 14.9 Å². The Bertz CT molecular complexity index is 1820. The molecule has 1 amide bonds. The number of amides is 1. The Kier molecular flexibility index (Phi) is 6.42. The standard InChI is InChI=1S/C32H24N2O4S/c1-19(21-8-10-23(11-9-21)32(36)37)33-31(35)27-16-25(28-12-13-38-34-28)17-29-30(27)26(18-39-29)15-20-6-7-22-4-2-3-5-24(22)14-20/h2-14,16-19H,15H2,1H3,(H,33,35)(H,36,37)/t19-/m0/s1. The number of carbonyl (C=O) groups is 2. The van der Waals surface area contributed by atoms with Crippen LogP contribution in [0, 0.1) is 0 Å². The summed E-state index contributed by atoms with van der Waals surface area (Å²) in [4.78, 5) is 25.0. The maximum absolute atomic E-state index is 13.8. The van der Waals surface area contributed by atoms with Gasteiger partial charge in [0.15, 0.2) is 0 Å². The molecular formula is C32H24N2O4S. The number of rotatable bonds is 7. The van der Waals surface area contributed by atoms with Gasteiger partial charge in [0.1, 0.15) is 12.0 Å². The minimum atomic E-state index is -0.985. The summed E-state index contributed by atoms with van der Waals surface area (Å²) >= 11 is 1.61. The van der Waals surface area contributed by atoms with E-state index in [1.807, 2.05) is 31.2 Å². The van der Waals surface area contributed by atoms with Crippen LogP contribution in [0.2, 0.25) is 0 Å². The highest BCUT2D eigenvalue weighted by Crippen LogP contribution is 2.35. The number of carboxylic acid groups (broad SMARTS) is 1. The molecule has 0 aliphatic heterocycles. The summed E-state index contributed by atoms with van der Waals surface area (Å²) in [5.41, 5.74) is 5.31. The molecule has 1 atom stereocenters. The second-order valence-corrected chi connectivity index (χ2v) is 10.4. The number of hydrogen-bond donors (Lipinski definition) is 2. The van der Waals surface area contributed by atoms with Gasteiger partial charge in [-0.3, -0.25) is 4.79 Å². The van der Waals surface area contributed by atoms with E-state index < -0.39 is 5.97 Å². The van der Waals surface area contributed by atoms with Gasteiger partial charge in [0.25, 0.3) is 5.91 Å². The third kappa shape index (κ3) is 4.92. The molecule has 0 radical (unpaired) electrons. The molecule has 2 heterocycles. The van der Waals surface area contributed by atoms with Crippen LogP contribution >= 0.6 is 11.3 Å². The smallest absolute Gasteiger partial charge is 0.335 e. The quantitative estimate of drug-likeness (QED) is 0.222. The monoisotopic (exact) mass is 532 g/mol. The maximum atomic E-state index is 13.8. The molecule has 7 heteroatoms. The molecule has 6 aromatic rings. The molecule has 0 saturated heterocycles. The molecule has 0 fully saturated rings. The molecule has 0 saturated carbocycles. The number of benzene rings is 4. The van der Waals surface area contributed by atoms with Crippen LogP contribution in [0.4, 0.5) is 0 Å². The van der Waals surface area contributed by atoms with Crippen LogP contribution in [0.25, 0.3) is 32.1 Å². The molecule has 4 aromatic carbocycles. The molecule has 6 rings (SSSR count). The molecule has 192 valence electrons. The van der Waals surface area contributed by atoms with Gasteiger partial charge in [-0.2, -0.15) is 0 Å². The number of hydrogen-bond acceptors (Lipinski definition) is 5. The first kappa shape index (κ1) is 24.6. The van der Waals surface area contributed by atoms with Crippen LogP contribution < -0.4 is 5.32 Å². The molecule has 0 aliphatic rings. The molecule has 2 N–H and O–H groups in total. The molecule has 0 bridgehead atoms. The summed E-state index contributed by atoms with van der Waals surface area (Å²) < 4.78 is 6.06. The largest absolute Gasteiger partial charge is 0.478 e. The fourth-order valence-corrected chi connectivity index (χ4v) is 5.92. The van der Waals surface area contributed by atoms with E-state index in [0.717, 1.165) is 26.8 Å². The molecule has 0 aliphatic carbocycles. The molecule has 39 heavy (non-hydrogen) atoms. The Balaban J connectivity index is 1.38. The highest BCUT2D eigenvalue weighted by atomic mass is 32.1. The maximum Gasteiger partial charge on any atom is 0.335 e. The topological polar surface area (TPSA) is 92.4 Å². The van der Waals surface area contributed by atoms with Gasteiger partial charge in [-0.05, 0) is 70.5 Å². The molecule has 2 aromatic heterocycles. The van der Waals surface area contributed by atoms with Gasteiger partial charge in [0, 0.05) is 27.3 Å². The molecule has 0 spiro atoms. The highest BCUT2D eigenvalue weighted by Gasteiger charge is 2.20. The summed E-state index contributed by atoms with van der Waals surface area (Å²) in [5, 5.41) is 21.8. The van der Waals surface area contributed by atoms with Crippen LogP contribution in [0.1, 0.15) is 50.4 Å². The van der Waals surface area contributed by atoms with Gasteiger partial charge in [-0.15, -0.1) is 11.3 Å². The van der Waals surface area contributed by atoms with Crippen molar-refractivity contribution >= 4 is 44.1 Å². The zero-order valence-electron chi connectivity index (χ0n) is 21.0. The average Bonchev–Trinajstić information content (AvgIpc) is 3.63. The van der Waals surface area contributed by atoms with E-state index >= 15 is 0 Å². The van der Waals surface area contributed by atoms with Crippen molar-refractivity contribution in [2.45, 2.75) is 19.4 Å². The summed E-state index contributed by atoms with van der Waals surface area (Å²) in [7, 11) is 0. The predicted molar refractivity (Wildman–Crippen MR) is 153 cm³/mol. The SMILES string of the molecule is C[C@H](NC(=O)c1cc(-c2ccon2)cc2scc(Cc3ccc4ccccc4c3)c12)c1ccc(C(=O)O)cc1. The van der Waals surface area contributed by atoms with E-state index in [4.69, 9.17) is 4.52 Å². The van der Waals surface area contributed by atoms with Crippen molar-refractivity contribution in [2.24, 2.45) is 0 Å². The van der Waals surface area contributed by atoms with Crippen molar-refractivity contribution in [3.63, 3.8) is 0 Å². The Hall–Kier alpha value is -4.75. The van der Waals surface area contributed by atoms with Crippen molar-refractivity contribution in [3.8, 4) is 11.3 Å². The van der Waals surface area contributed by atoms with Gasteiger partial charge in [-0.1, -0.05) is 59.8 Å². The first-order valence-corrected chi connectivity index (χ1v) is 13.4. The third-order valence-corrected chi connectivity index (χ3v) is 7.92. The van der Waals surface area contributed by atoms with Crippen molar-refractivity contribution in [2.75, 3.05) is 0 Å². The normalized spacial score (nSPS) is 12.0. The Morgan fingerprint density at radius 3 is 2.51 bits per heavy atom. The Morgan fingerprint density at radius 2 is 1.77 bits per heavy atom. The number of aromatic nitrogens is 1. The van der Waals surface area contributed by atoms with E-state index in [2.05, 4.69) is 46.2 Å². The second-order valence-electron chi connectivity index (χ2n) is 9.52. The van der Waals surface area contributed by atoms with E-state index in [1.54, 1.807) is 41.7 Å². The van der Waals surface area contributed by atoms with E-state index in [9.17, 15) is 14.7 Å². The zero-order valence-corrected chi connectivity index (χ0v) is 21.9. The fourth-order valence-electron chi connectivity index (χ4n) is 4.89. The van der Waals surface area contributed by atoms with Crippen LogP contribution in [0.3, 0.4) is 0 Å². The van der Waals surface area contributed by atoms with Crippen molar-refractivity contribution in [3.05, 3.63) is 124 Å². The number of aromatic carboxylic acids is 1. The predicted octanol–water partition coefficient (Wildman–Crippen LogP) is 7.49. The van der Waals surface area contributed by atoms with Gasteiger partial charge in [0.05, 0.1) is 11.6 Å². The zero-order chi connectivity index (χ0) is 26.9. The Morgan fingerprint density at radius 1 is 0.974 bits per heavy atom. The van der Waals surface area contributed by atoms with Gasteiger partial charge in [0.2, 0.25) is 0 Å². The van der Waals surface area contributed by atoms with Gasteiger partial charge in [-0.25, -0.2) is 4.79 Å². The average molecular weight is 533 g/mol. The third-order valence-electron chi connectivity index (χ3n) is 6.94. The van der Waals surface area contributed by atoms with Crippen LogP contribution in [0.5, 0.6) is 0 Å². The fraction of sp³-hybridized carbons (Fsp3) is 0.0938. The van der Waals surface area contributed by atoms with Crippen molar-refractivity contribution in [1.82, 2.24) is 10.5 Å². The second kappa shape index (κ2) is 10.2. The van der Waals surface area contributed by atoms with Crippen LogP contribution in [-0.2, 0) is 6.42 Å². The number of carbonyl (C=O) groups excluding carboxylic acids is 1. The molecule has 6 nitrogen and oxygen atoms in total. The van der Waals surface area contributed by atoms with Crippen molar-refractivity contribution in [1.29, 1.82) is 0 Å². The van der Waals surface area contributed by atoms with Gasteiger partial charge >= 0.3 is 5.97 Å². The summed E-state index contributed by atoms with van der Waals surface area (Å²) in [6.07, 6.45) is 2.21. The lowest BCUT2D eigenvalue weighted by Crippen LogP contribution is -2.27. The van der Waals surface area contributed by atoms with Crippen LogP contribution in [0.15, 0.2) is 101 Å². The van der Waals surface area contributed by atoms with E-state index in [-0.39, 0.29) is 17.5 Å². The molecular weight excluding hydrogens is 508 g/mol. The number of nitrogens with one attached hydrogen (secondary N) is 1. The minimum Gasteiger partial charge on any atom is -0.478 e. The first-order chi connectivity index (χ1) is 19.0. The van der Waals surface area contributed by atoms with Crippen LogP contribution in [-0.4, -0.2) is 22.1 Å². The summed E-state index contributed by atoms with van der Waals surface area (Å²) in [6.45, 7) is 1.88. The van der Waals surface area contributed by atoms with E-state index in [0.29, 0.717) is 17.7 Å². The lowest BCUT2D eigenvalue weighted by molar-refractivity contribution is 0.0696. The molecule has 0 unspecified atom stereocenters. The summed E-state index contributed by atoms with van der Waals surface area (Å²) in [6, 6.07) is 26.7. The number of carboxylic acids is 1. The summed E-state index contributed by atoms with van der Waals surface area (Å²) in [5.74, 6) is -1.19. The first-order valence-electron chi connectivity index (χ1n) is 12.5. The number of fused-ring (bicyclic) bond motifs is 2. The minimum absolute atomic E-state index is 0.205. The Labute approximate surface area is 228 Å². The lowest BCUT2D eigenvalue weighted by atomic mass is 9.96. The lowest BCUT2D eigenvalue weighted by Gasteiger charge is -2.16. The highest BCUT2D eigenvalue weighted by molar-refractivity contribution is 7.17. The van der Waals surface area contributed by atoms with E-state index in [1.165, 1.54) is 22.6 Å². The number of nitrogens with zero attached hydrogens (tertiary/aromatic N) is 1. The van der Waals surface area contributed by atoms with Crippen molar-refractivity contribution < 1.29 is 19.2 Å².